The third kappa shape index (κ3) is 3.16. The lowest BCUT2D eigenvalue weighted by molar-refractivity contribution is 1.54. The quantitative estimate of drug-likeness (QED) is 0.491. The number of nitrogens with two attached hydrogens (primary N) is 1. The van der Waals surface area contributed by atoms with Crippen molar-refractivity contribution < 1.29 is 0 Å². The van der Waals surface area contributed by atoms with E-state index in [1.165, 1.54) is 0 Å². The van der Waals surface area contributed by atoms with Gasteiger partial charge in [-0.25, -0.2) is 0 Å². The Hall–Kier alpha value is -2.88. The van der Waals surface area contributed by atoms with Crippen LogP contribution in [0.1, 0.15) is 11.1 Å². The predicted molar refractivity (Wildman–Crippen MR) is 55.8 cm³/mol. The number of nitrogen functional groups attached to an aromatic ring is 1. The minimum absolute atomic E-state index is 0.502. The molecular formula is C12H5N3. The molecule has 0 atom stereocenters. The van der Waals surface area contributed by atoms with Gasteiger partial charge in [0.05, 0.1) is 0 Å². The summed E-state index contributed by atoms with van der Waals surface area (Å²) >= 11 is 0. The standard InChI is InChI=1S/C12H5N3/c13-5-1-3-10-7-11(4-2-6-14)9-12(15)8-10/h7-9H,15H2. The summed E-state index contributed by atoms with van der Waals surface area (Å²) < 4.78 is 0. The number of anilines is 1. The number of hydrogen-bond acceptors (Lipinski definition) is 3. The van der Waals surface area contributed by atoms with Gasteiger partial charge in [0.2, 0.25) is 0 Å². The van der Waals surface area contributed by atoms with Crippen LogP contribution in [0.15, 0.2) is 18.2 Å². The van der Waals surface area contributed by atoms with Crippen LogP contribution in [0, 0.1) is 46.3 Å². The third-order valence-electron chi connectivity index (χ3n) is 1.48. The summed E-state index contributed by atoms with van der Waals surface area (Å²) in [4.78, 5) is 0. The Bertz CT molecular complexity index is 527. The second-order valence-corrected chi connectivity index (χ2v) is 2.57. The van der Waals surface area contributed by atoms with Gasteiger partial charge in [-0.3, -0.25) is 0 Å². The predicted octanol–water partition coefficient (Wildman–Crippen LogP) is 1.02. The van der Waals surface area contributed by atoms with Gasteiger partial charge >= 0.3 is 0 Å². The number of benzene rings is 1. The van der Waals surface area contributed by atoms with E-state index in [9.17, 15) is 0 Å². The fourth-order valence-electron chi connectivity index (χ4n) is 0.996. The van der Waals surface area contributed by atoms with Crippen molar-refractivity contribution >= 4 is 5.69 Å². The van der Waals surface area contributed by atoms with Crippen molar-refractivity contribution in [2.45, 2.75) is 0 Å². The fraction of sp³-hybridized carbons (Fsp3) is 0. The van der Waals surface area contributed by atoms with E-state index in [2.05, 4.69) is 23.7 Å². The Kier molecular flexibility index (Phi) is 3.39. The Balaban J connectivity index is 3.19. The number of nitriles is 2. The van der Waals surface area contributed by atoms with Crippen LogP contribution >= 0.6 is 0 Å². The van der Waals surface area contributed by atoms with Crippen LogP contribution in [0.25, 0.3) is 0 Å². The van der Waals surface area contributed by atoms with Crippen molar-refractivity contribution in [3.05, 3.63) is 29.3 Å². The average Bonchev–Trinajstić information content (AvgIpc) is 2.23. The van der Waals surface area contributed by atoms with Gasteiger partial charge in [0.1, 0.15) is 0 Å². The number of nitrogens with zero attached hydrogens (tertiary/aromatic N) is 2. The van der Waals surface area contributed by atoms with Crippen LogP contribution in [-0.4, -0.2) is 0 Å². The molecular weight excluding hydrogens is 186 g/mol. The maximum atomic E-state index is 8.28. The van der Waals surface area contributed by atoms with Gasteiger partial charge in [0, 0.05) is 28.7 Å². The zero-order chi connectivity index (χ0) is 11.1. The highest BCUT2D eigenvalue weighted by molar-refractivity contribution is 5.55. The summed E-state index contributed by atoms with van der Waals surface area (Å²) in [5, 5.41) is 16.6. The Morgan fingerprint density at radius 3 is 1.73 bits per heavy atom. The molecule has 0 saturated heterocycles. The van der Waals surface area contributed by atoms with Crippen molar-refractivity contribution in [1.82, 2.24) is 0 Å². The minimum atomic E-state index is 0.502. The first-order valence-corrected chi connectivity index (χ1v) is 3.97. The zero-order valence-corrected chi connectivity index (χ0v) is 7.70. The van der Waals surface area contributed by atoms with Gasteiger partial charge in [-0.15, -0.1) is 0 Å². The molecule has 15 heavy (non-hydrogen) atoms. The molecule has 1 aromatic rings. The van der Waals surface area contributed by atoms with Crippen molar-refractivity contribution in [2.75, 3.05) is 5.73 Å². The first kappa shape index (κ1) is 10.2. The topological polar surface area (TPSA) is 73.6 Å². The molecule has 0 heterocycles. The van der Waals surface area contributed by atoms with Gasteiger partial charge in [0.25, 0.3) is 0 Å². The molecule has 3 nitrogen and oxygen atoms in total. The average molecular weight is 191 g/mol. The van der Waals surface area contributed by atoms with Crippen LogP contribution in [0.2, 0.25) is 0 Å². The lowest BCUT2D eigenvalue weighted by Gasteiger charge is -1.96. The van der Waals surface area contributed by atoms with E-state index in [-0.39, 0.29) is 0 Å². The number of rotatable bonds is 0. The fourth-order valence-corrected chi connectivity index (χ4v) is 0.996. The summed E-state index contributed by atoms with van der Waals surface area (Å²) in [7, 11) is 0. The van der Waals surface area contributed by atoms with Crippen molar-refractivity contribution in [3.8, 4) is 35.8 Å². The van der Waals surface area contributed by atoms with E-state index in [1.807, 2.05) is 0 Å². The maximum Gasteiger partial charge on any atom is 0.152 e. The van der Waals surface area contributed by atoms with Crippen LogP contribution in [0.5, 0.6) is 0 Å². The van der Waals surface area contributed by atoms with Gasteiger partial charge < -0.3 is 5.73 Å². The van der Waals surface area contributed by atoms with Crippen LogP contribution < -0.4 is 5.73 Å². The van der Waals surface area contributed by atoms with E-state index in [4.69, 9.17) is 16.3 Å². The molecule has 0 radical (unpaired) electrons. The van der Waals surface area contributed by atoms with Gasteiger partial charge in [-0.2, -0.15) is 10.5 Å². The largest absolute Gasteiger partial charge is 0.399 e. The summed E-state index contributed by atoms with van der Waals surface area (Å²) in [6.07, 6.45) is 0. The molecule has 0 aromatic heterocycles. The molecule has 0 aliphatic rings. The Labute approximate surface area is 87.7 Å². The van der Waals surface area contributed by atoms with Crippen LogP contribution in [0.3, 0.4) is 0 Å². The minimum Gasteiger partial charge on any atom is -0.399 e. The van der Waals surface area contributed by atoms with Crippen LogP contribution in [-0.2, 0) is 0 Å². The normalized spacial score (nSPS) is 7.07. The van der Waals surface area contributed by atoms with Gasteiger partial charge in [-0.05, 0) is 18.2 Å². The van der Waals surface area contributed by atoms with Gasteiger partial charge in [-0.1, -0.05) is 11.8 Å². The van der Waals surface area contributed by atoms with Gasteiger partial charge in [0.15, 0.2) is 12.1 Å². The van der Waals surface area contributed by atoms with E-state index < -0.39 is 0 Å². The molecule has 0 aliphatic heterocycles. The molecule has 0 unspecified atom stereocenters. The summed E-state index contributed by atoms with van der Waals surface area (Å²) in [5.74, 6) is 9.74. The second kappa shape index (κ2) is 4.98. The summed E-state index contributed by atoms with van der Waals surface area (Å²) in [6.45, 7) is 0. The lowest BCUT2D eigenvalue weighted by atomic mass is 10.1. The molecule has 1 rings (SSSR count). The first-order valence-electron chi connectivity index (χ1n) is 3.97. The smallest absolute Gasteiger partial charge is 0.152 e. The second-order valence-electron chi connectivity index (χ2n) is 2.57. The van der Waals surface area contributed by atoms with Crippen molar-refractivity contribution in [2.24, 2.45) is 0 Å². The molecule has 68 valence electrons. The number of hydrogen-bond donors (Lipinski definition) is 1. The highest BCUT2D eigenvalue weighted by Gasteiger charge is 1.94. The van der Waals surface area contributed by atoms with Crippen LogP contribution in [0.4, 0.5) is 5.69 Å². The Morgan fingerprint density at radius 1 is 0.867 bits per heavy atom. The molecule has 0 saturated carbocycles. The van der Waals surface area contributed by atoms with E-state index >= 15 is 0 Å². The molecule has 3 heteroatoms. The van der Waals surface area contributed by atoms with E-state index in [1.54, 1.807) is 30.3 Å². The monoisotopic (exact) mass is 191 g/mol. The molecule has 0 spiro atoms. The van der Waals surface area contributed by atoms with Crippen molar-refractivity contribution in [1.29, 1.82) is 10.5 Å². The lowest BCUT2D eigenvalue weighted by Crippen LogP contribution is -1.88. The third-order valence-corrected chi connectivity index (χ3v) is 1.48. The molecule has 2 N–H and O–H groups in total. The molecule has 0 bridgehead atoms. The molecule has 0 fully saturated rings. The molecule has 1 aromatic carbocycles. The zero-order valence-electron chi connectivity index (χ0n) is 7.70. The summed E-state index contributed by atoms with van der Waals surface area (Å²) in [5.41, 5.74) is 7.32. The van der Waals surface area contributed by atoms with Crippen molar-refractivity contribution in [3.63, 3.8) is 0 Å². The Morgan fingerprint density at radius 2 is 1.33 bits per heavy atom. The summed E-state index contributed by atoms with van der Waals surface area (Å²) in [6, 6.07) is 8.37. The highest BCUT2D eigenvalue weighted by Crippen LogP contribution is 2.10. The first-order chi connectivity index (χ1) is 7.26. The molecule has 0 aliphatic carbocycles. The maximum absolute atomic E-state index is 8.28. The molecule has 0 amide bonds. The van der Waals surface area contributed by atoms with E-state index in [0.717, 1.165) is 0 Å². The van der Waals surface area contributed by atoms with E-state index in [0.29, 0.717) is 16.8 Å². The SMILES string of the molecule is N#CC#Cc1cc(N)cc(C#CC#N)c1. The highest BCUT2D eigenvalue weighted by atomic mass is 14.5.